The summed E-state index contributed by atoms with van der Waals surface area (Å²) in [4.78, 5) is 42.1. The van der Waals surface area contributed by atoms with E-state index in [4.69, 9.17) is 10.2 Å². The second-order valence-electron chi connectivity index (χ2n) is 4.60. The summed E-state index contributed by atoms with van der Waals surface area (Å²) < 4.78 is 9.61. The molecule has 0 radical (unpaired) electrons. The summed E-state index contributed by atoms with van der Waals surface area (Å²) in [6.07, 6.45) is 1.82. The number of H-pyrrole nitrogens is 1. The lowest BCUT2D eigenvalue weighted by Gasteiger charge is -2.12. The molecule has 0 aliphatic heterocycles. The van der Waals surface area contributed by atoms with Crippen molar-refractivity contribution in [3.63, 3.8) is 0 Å². The fourth-order valence-electron chi connectivity index (χ4n) is 1.79. The van der Waals surface area contributed by atoms with Crippen LogP contribution in [0.25, 0.3) is 0 Å². The number of furan rings is 1. The van der Waals surface area contributed by atoms with E-state index in [-0.39, 0.29) is 22.4 Å². The Kier molecular flexibility index (Phi) is 5.64. The van der Waals surface area contributed by atoms with Crippen LogP contribution in [0, 0.1) is 0 Å². The van der Waals surface area contributed by atoms with Crippen molar-refractivity contribution >= 4 is 35.1 Å². The standard InChI is InChI=1S/C14H16N4O5S/c1-3-8(13(21)22-2)24-14-17-10(15)9(12(20)18-14)16-11(19)7-5-4-6-23-7/h4-6,8H,3H2,1-2H3,(H,16,19)(H3,15,17,18,20)/t8-/m1/s1. The van der Waals surface area contributed by atoms with Crippen molar-refractivity contribution in [1.82, 2.24) is 9.97 Å². The normalized spacial score (nSPS) is 11.8. The second kappa shape index (κ2) is 7.68. The number of nitrogens with one attached hydrogen (secondary N) is 2. The van der Waals surface area contributed by atoms with Crippen molar-refractivity contribution in [3.8, 4) is 0 Å². The molecule has 0 bridgehead atoms. The Hall–Kier alpha value is -2.75. The van der Waals surface area contributed by atoms with Crippen LogP contribution in [-0.4, -0.2) is 34.2 Å². The molecule has 0 aliphatic rings. The van der Waals surface area contributed by atoms with Gasteiger partial charge in [-0.3, -0.25) is 19.4 Å². The first-order valence-corrected chi connectivity index (χ1v) is 7.83. The largest absolute Gasteiger partial charge is 0.468 e. The Bertz CT molecular complexity index is 787. The van der Waals surface area contributed by atoms with Gasteiger partial charge in [-0.2, -0.15) is 0 Å². The predicted molar refractivity (Wildman–Crippen MR) is 87.9 cm³/mol. The summed E-state index contributed by atoms with van der Waals surface area (Å²) in [6.45, 7) is 1.80. The van der Waals surface area contributed by atoms with Gasteiger partial charge in [0.1, 0.15) is 5.25 Å². The molecule has 0 fully saturated rings. The summed E-state index contributed by atoms with van der Waals surface area (Å²) in [6, 6.07) is 2.98. The van der Waals surface area contributed by atoms with Gasteiger partial charge in [-0.1, -0.05) is 18.7 Å². The number of aromatic amines is 1. The van der Waals surface area contributed by atoms with Crippen molar-refractivity contribution in [1.29, 1.82) is 0 Å². The number of methoxy groups -OCH3 is 1. The van der Waals surface area contributed by atoms with E-state index in [0.717, 1.165) is 11.8 Å². The lowest BCUT2D eigenvalue weighted by Crippen LogP contribution is -2.24. The van der Waals surface area contributed by atoms with Crippen LogP contribution in [0.5, 0.6) is 0 Å². The monoisotopic (exact) mass is 352 g/mol. The zero-order valence-electron chi connectivity index (χ0n) is 13.0. The fourth-order valence-corrected chi connectivity index (χ4v) is 2.72. The second-order valence-corrected chi connectivity index (χ2v) is 5.79. The summed E-state index contributed by atoms with van der Waals surface area (Å²) in [5, 5.41) is 1.98. The number of amides is 1. The van der Waals surface area contributed by atoms with Crippen LogP contribution in [0.3, 0.4) is 0 Å². The van der Waals surface area contributed by atoms with Crippen LogP contribution in [-0.2, 0) is 9.53 Å². The quantitative estimate of drug-likeness (QED) is 0.401. The molecule has 0 aliphatic carbocycles. The number of nitrogen functional groups attached to an aromatic ring is 1. The molecule has 2 aromatic rings. The molecule has 9 nitrogen and oxygen atoms in total. The predicted octanol–water partition coefficient (Wildman–Crippen LogP) is 1.24. The molecule has 10 heteroatoms. The number of rotatable bonds is 6. The van der Waals surface area contributed by atoms with Crippen LogP contribution >= 0.6 is 11.8 Å². The van der Waals surface area contributed by atoms with Crippen molar-refractivity contribution in [3.05, 3.63) is 34.5 Å². The lowest BCUT2D eigenvalue weighted by molar-refractivity contribution is -0.140. The molecule has 24 heavy (non-hydrogen) atoms. The molecule has 2 heterocycles. The van der Waals surface area contributed by atoms with Gasteiger partial charge in [-0.25, -0.2) is 4.98 Å². The number of nitrogens with two attached hydrogens (primary N) is 1. The minimum absolute atomic E-state index is 0.0315. The number of esters is 1. The van der Waals surface area contributed by atoms with Crippen molar-refractivity contribution in [2.75, 3.05) is 18.2 Å². The number of nitrogens with zero attached hydrogens (tertiary/aromatic N) is 1. The summed E-state index contributed by atoms with van der Waals surface area (Å²) >= 11 is 1.02. The molecule has 0 spiro atoms. The van der Waals surface area contributed by atoms with Gasteiger partial charge in [0, 0.05) is 0 Å². The average molecular weight is 352 g/mol. The number of hydrogen-bond acceptors (Lipinski definition) is 8. The van der Waals surface area contributed by atoms with Crippen molar-refractivity contribution in [2.45, 2.75) is 23.8 Å². The van der Waals surface area contributed by atoms with Gasteiger partial charge >= 0.3 is 5.97 Å². The van der Waals surface area contributed by atoms with Crippen LogP contribution in [0.2, 0.25) is 0 Å². The third-order valence-corrected chi connectivity index (χ3v) is 4.22. The SMILES string of the molecule is CC[C@@H](Sc1nc(N)c(NC(=O)c2ccco2)c(=O)[nH]1)C(=O)OC. The Morgan fingerprint density at radius 2 is 2.29 bits per heavy atom. The van der Waals surface area contributed by atoms with Gasteiger partial charge in [-0.05, 0) is 18.6 Å². The van der Waals surface area contributed by atoms with Gasteiger partial charge < -0.3 is 20.2 Å². The Balaban J connectivity index is 2.20. The Morgan fingerprint density at radius 3 is 2.83 bits per heavy atom. The fraction of sp³-hybridized carbons (Fsp3) is 0.286. The topological polar surface area (TPSA) is 140 Å². The van der Waals surface area contributed by atoms with Crippen LogP contribution in [0.1, 0.15) is 23.9 Å². The molecule has 0 saturated heterocycles. The number of aromatic nitrogens is 2. The van der Waals surface area contributed by atoms with E-state index < -0.39 is 22.7 Å². The number of carbonyl (C=O) groups is 2. The highest BCUT2D eigenvalue weighted by Gasteiger charge is 2.21. The molecule has 1 amide bonds. The van der Waals surface area contributed by atoms with Gasteiger partial charge in [0.15, 0.2) is 22.4 Å². The van der Waals surface area contributed by atoms with Gasteiger partial charge in [0.05, 0.1) is 13.4 Å². The molecule has 0 aromatic carbocycles. The zero-order valence-corrected chi connectivity index (χ0v) is 13.8. The highest BCUT2D eigenvalue weighted by atomic mass is 32.2. The van der Waals surface area contributed by atoms with E-state index in [1.807, 2.05) is 0 Å². The molecule has 128 valence electrons. The molecular formula is C14H16N4O5S. The first-order chi connectivity index (χ1) is 11.5. The molecule has 1 atom stereocenters. The van der Waals surface area contributed by atoms with Crippen LogP contribution < -0.4 is 16.6 Å². The molecule has 2 aromatic heterocycles. The van der Waals surface area contributed by atoms with E-state index in [1.54, 1.807) is 6.92 Å². The number of carbonyl (C=O) groups excluding carboxylic acids is 2. The van der Waals surface area contributed by atoms with Crippen molar-refractivity contribution in [2.24, 2.45) is 0 Å². The number of thioether (sulfide) groups is 1. The molecule has 0 saturated carbocycles. The Morgan fingerprint density at radius 1 is 1.54 bits per heavy atom. The van der Waals surface area contributed by atoms with Gasteiger partial charge in [0.2, 0.25) is 0 Å². The minimum atomic E-state index is -0.635. The number of ether oxygens (including phenoxy) is 1. The van der Waals surface area contributed by atoms with Gasteiger partial charge in [0.25, 0.3) is 11.5 Å². The van der Waals surface area contributed by atoms with Crippen LogP contribution in [0.4, 0.5) is 11.5 Å². The number of anilines is 2. The number of hydrogen-bond donors (Lipinski definition) is 3. The average Bonchev–Trinajstić information content (AvgIpc) is 3.09. The summed E-state index contributed by atoms with van der Waals surface area (Å²) in [5.74, 6) is -1.19. The lowest BCUT2D eigenvalue weighted by atomic mass is 10.3. The van der Waals surface area contributed by atoms with Crippen molar-refractivity contribution < 1.29 is 18.7 Å². The van der Waals surface area contributed by atoms with E-state index in [0.29, 0.717) is 6.42 Å². The van der Waals surface area contributed by atoms with E-state index in [2.05, 4.69) is 20.0 Å². The maximum Gasteiger partial charge on any atom is 0.319 e. The highest BCUT2D eigenvalue weighted by Crippen LogP contribution is 2.24. The molecule has 4 N–H and O–H groups in total. The minimum Gasteiger partial charge on any atom is -0.468 e. The molecular weight excluding hydrogens is 336 g/mol. The first-order valence-electron chi connectivity index (χ1n) is 6.95. The highest BCUT2D eigenvalue weighted by molar-refractivity contribution is 8.00. The van der Waals surface area contributed by atoms with E-state index >= 15 is 0 Å². The third-order valence-electron chi connectivity index (χ3n) is 3.00. The Labute approximate surface area is 141 Å². The molecule has 2 rings (SSSR count). The summed E-state index contributed by atoms with van der Waals surface area (Å²) in [7, 11) is 1.28. The third kappa shape index (κ3) is 3.96. The van der Waals surface area contributed by atoms with Gasteiger partial charge in [-0.15, -0.1) is 0 Å². The van der Waals surface area contributed by atoms with E-state index in [9.17, 15) is 14.4 Å². The molecule has 0 unspecified atom stereocenters. The summed E-state index contributed by atoms with van der Waals surface area (Å²) in [5.41, 5.74) is 4.92. The maximum absolute atomic E-state index is 12.1. The maximum atomic E-state index is 12.1. The smallest absolute Gasteiger partial charge is 0.319 e. The van der Waals surface area contributed by atoms with E-state index in [1.165, 1.54) is 25.5 Å². The van der Waals surface area contributed by atoms with Crippen LogP contribution in [0.15, 0.2) is 32.8 Å². The first kappa shape index (κ1) is 17.6. The zero-order chi connectivity index (χ0) is 17.7.